The summed E-state index contributed by atoms with van der Waals surface area (Å²) in [5.74, 6) is -1.32. The maximum absolute atomic E-state index is 12.2. The molecule has 0 unspecified atom stereocenters. The predicted molar refractivity (Wildman–Crippen MR) is 73.3 cm³/mol. The van der Waals surface area contributed by atoms with Gasteiger partial charge in [0.2, 0.25) is 0 Å². The average Bonchev–Trinajstić information content (AvgIpc) is 2.38. The Hall–Kier alpha value is -1.84. The van der Waals surface area contributed by atoms with E-state index in [1.54, 1.807) is 6.07 Å². The standard InChI is InChI=1S/C14H8Cl2O3/c15-10-5-6-11(12(16)7-10)13(17)8-1-3-9(4-2-8)14(18)19/h1-7H,(H,18,19). The van der Waals surface area contributed by atoms with E-state index < -0.39 is 5.97 Å². The molecule has 3 nitrogen and oxygen atoms in total. The Morgan fingerprint density at radius 2 is 1.47 bits per heavy atom. The number of hydrogen-bond donors (Lipinski definition) is 1. The largest absolute Gasteiger partial charge is 0.478 e. The van der Waals surface area contributed by atoms with Crippen LogP contribution in [-0.2, 0) is 0 Å². The first-order valence-corrected chi connectivity index (χ1v) is 6.08. The maximum atomic E-state index is 12.2. The van der Waals surface area contributed by atoms with Crippen LogP contribution in [0, 0.1) is 0 Å². The van der Waals surface area contributed by atoms with Gasteiger partial charge < -0.3 is 5.11 Å². The zero-order chi connectivity index (χ0) is 14.0. The minimum absolute atomic E-state index is 0.124. The van der Waals surface area contributed by atoms with Crippen LogP contribution in [0.15, 0.2) is 42.5 Å². The maximum Gasteiger partial charge on any atom is 0.335 e. The van der Waals surface area contributed by atoms with E-state index in [-0.39, 0.29) is 16.4 Å². The number of carbonyl (C=O) groups excluding carboxylic acids is 1. The molecular formula is C14H8Cl2O3. The van der Waals surface area contributed by atoms with Crippen LogP contribution in [0.1, 0.15) is 26.3 Å². The fraction of sp³-hybridized carbons (Fsp3) is 0. The number of halogens is 2. The van der Waals surface area contributed by atoms with Gasteiger partial charge in [0.1, 0.15) is 0 Å². The van der Waals surface area contributed by atoms with Crippen molar-refractivity contribution in [2.24, 2.45) is 0 Å². The highest BCUT2D eigenvalue weighted by molar-refractivity contribution is 6.37. The Morgan fingerprint density at radius 3 is 2.00 bits per heavy atom. The van der Waals surface area contributed by atoms with E-state index >= 15 is 0 Å². The van der Waals surface area contributed by atoms with Crippen LogP contribution in [0.25, 0.3) is 0 Å². The second-order valence-electron chi connectivity index (χ2n) is 3.84. The van der Waals surface area contributed by atoms with Crippen molar-refractivity contribution in [1.82, 2.24) is 0 Å². The van der Waals surface area contributed by atoms with Crippen LogP contribution < -0.4 is 0 Å². The summed E-state index contributed by atoms with van der Waals surface area (Å²) < 4.78 is 0. The topological polar surface area (TPSA) is 54.4 Å². The molecule has 0 spiro atoms. The van der Waals surface area contributed by atoms with Crippen molar-refractivity contribution in [2.75, 3.05) is 0 Å². The molecule has 0 heterocycles. The lowest BCUT2D eigenvalue weighted by atomic mass is 10.0. The first-order valence-electron chi connectivity index (χ1n) is 5.32. The van der Waals surface area contributed by atoms with Gasteiger partial charge in [0, 0.05) is 16.1 Å². The summed E-state index contributed by atoms with van der Waals surface area (Å²) in [7, 11) is 0. The van der Waals surface area contributed by atoms with Crippen molar-refractivity contribution in [3.63, 3.8) is 0 Å². The summed E-state index contributed by atoms with van der Waals surface area (Å²) >= 11 is 11.7. The molecule has 5 heteroatoms. The summed E-state index contributed by atoms with van der Waals surface area (Å²) in [5.41, 5.74) is 0.821. The molecule has 0 saturated heterocycles. The highest BCUT2D eigenvalue weighted by Crippen LogP contribution is 2.23. The van der Waals surface area contributed by atoms with Crippen LogP contribution >= 0.6 is 23.2 Å². The molecule has 2 aromatic rings. The summed E-state index contributed by atoms with van der Waals surface area (Å²) in [4.78, 5) is 22.9. The van der Waals surface area contributed by atoms with Crippen LogP contribution in [0.4, 0.5) is 0 Å². The number of hydrogen-bond acceptors (Lipinski definition) is 2. The van der Waals surface area contributed by atoms with E-state index in [0.717, 1.165) is 0 Å². The monoisotopic (exact) mass is 294 g/mol. The fourth-order valence-corrected chi connectivity index (χ4v) is 2.09. The smallest absolute Gasteiger partial charge is 0.335 e. The molecule has 96 valence electrons. The molecule has 0 radical (unpaired) electrons. The average molecular weight is 295 g/mol. The molecular weight excluding hydrogens is 287 g/mol. The number of rotatable bonds is 3. The van der Waals surface area contributed by atoms with Gasteiger partial charge in [-0.2, -0.15) is 0 Å². The van der Waals surface area contributed by atoms with Crippen molar-refractivity contribution in [3.8, 4) is 0 Å². The highest BCUT2D eigenvalue weighted by Gasteiger charge is 2.13. The van der Waals surface area contributed by atoms with Gasteiger partial charge in [-0.3, -0.25) is 4.79 Å². The first kappa shape index (κ1) is 13.6. The minimum atomic E-state index is -1.04. The van der Waals surface area contributed by atoms with Crippen LogP contribution in [-0.4, -0.2) is 16.9 Å². The molecule has 2 aromatic carbocycles. The van der Waals surface area contributed by atoms with E-state index in [0.29, 0.717) is 16.1 Å². The Bertz CT molecular complexity index is 648. The van der Waals surface area contributed by atoms with Gasteiger partial charge in [-0.1, -0.05) is 35.3 Å². The quantitative estimate of drug-likeness (QED) is 0.873. The van der Waals surface area contributed by atoms with Gasteiger partial charge in [0.15, 0.2) is 5.78 Å². The predicted octanol–water partition coefficient (Wildman–Crippen LogP) is 3.92. The number of aromatic carboxylic acids is 1. The molecule has 1 N–H and O–H groups in total. The van der Waals surface area contributed by atoms with E-state index in [1.807, 2.05) is 0 Å². The fourth-order valence-electron chi connectivity index (χ4n) is 1.59. The number of benzene rings is 2. The van der Waals surface area contributed by atoms with Crippen molar-refractivity contribution in [3.05, 3.63) is 69.2 Å². The van der Waals surface area contributed by atoms with Crippen LogP contribution in [0.3, 0.4) is 0 Å². The van der Waals surface area contributed by atoms with Crippen molar-refractivity contribution < 1.29 is 14.7 Å². The molecule has 0 saturated carbocycles. The van der Waals surface area contributed by atoms with Crippen LogP contribution in [0.5, 0.6) is 0 Å². The van der Waals surface area contributed by atoms with Crippen molar-refractivity contribution >= 4 is 35.0 Å². The Balaban J connectivity index is 2.36. The second kappa shape index (κ2) is 5.43. The lowest BCUT2D eigenvalue weighted by molar-refractivity contribution is 0.0696. The number of carboxylic acid groups (broad SMARTS) is 1. The first-order chi connectivity index (χ1) is 8.99. The SMILES string of the molecule is O=C(O)c1ccc(C(=O)c2ccc(Cl)cc2Cl)cc1. The van der Waals surface area contributed by atoms with E-state index in [9.17, 15) is 9.59 Å². The Morgan fingerprint density at radius 1 is 0.895 bits per heavy atom. The second-order valence-corrected chi connectivity index (χ2v) is 4.68. The number of ketones is 1. The molecule has 0 aliphatic rings. The molecule has 0 aliphatic carbocycles. The lowest BCUT2D eigenvalue weighted by Crippen LogP contribution is -2.03. The molecule has 2 rings (SSSR count). The van der Waals surface area contributed by atoms with Gasteiger partial charge in [-0.05, 0) is 30.3 Å². The summed E-state index contributed by atoms with van der Waals surface area (Å²) in [6.07, 6.45) is 0. The molecule has 0 bridgehead atoms. The molecule has 19 heavy (non-hydrogen) atoms. The summed E-state index contributed by atoms with van der Waals surface area (Å²) in [6, 6.07) is 10.3. The van der Waals surface area contributed by atoms with Crippen molar-refractivity contribution in [2.45, 2.75) is 0 Å². The van der Waals surface area contributed by atoms with Gasteiger partial charge in [-0.15, -0.1) is 0 Å². The third-order valence-electron chi connectivity index (χ3n) is 2.57. The zero-order valence-corrected chi connectivity index (χ0v) is 11.1. The highest BCUT2D eigenvalue weighted by atomic mass is 35.5. The van der Waals surface area contributed by atoms with E-state index in [1.165, 1.54) is 36.4 Å². The van der Waals surface area contributed by atoms with Gasteiger partial charge in [0.05, 0.1) is 10.6 Å². The third kappa shape index (κ3) is 2.95. The molecule has 0 aromatic heterocycles. The lowest BCUT2D eigenvalue weighted by Gasteiger charge is -2.04. The van der Waals surface area contributed by atoms with Gasteiger partial charge in [-0.25, -0.2) is 4.79 Å². The van der Waals surface area contributed by atoms with E-state index in [2.05, 4.69) is 0 Å². The minimum Gasteiger partial charge on any atom is -0.478 e. The Kier molecular flexibility index (Phi) is 3.88. The molecule has 0 fully saturated rings. The Labute approximate surface area is 119 Å². The van der Waals surface area contributed by atoms with Crippen molar-refractivity contribution in [1.29, 1.82) is 0 Å². The summed E-state index contributed by atoms with van der Waals surface area (Å²) in [6.45, 7) is 0. The zero-order valence-electron chi connectivity index (χ0n) is 9.56. The van der Waals surface area contributed by atoms with Crippen LogP contribution in [0.2, 0.25) is 10.0 Å². The summed E-state index contributed by atoms with van der Waals surface area (Å²) in [5, 5.41) is 9.50. The van der Waals surface area contributed by atoms with Gasteiger partial charge in [0.25, 0.3) is 0 Å². The number of carbonyl (C=O) groups is 2. The third-order valence-corrected chi connectivity index (χ3v) is 3.12. The molecule has 0 aliphatic heterocycles. The molecule has 0 atom stereocenters. The van der Waals surface area contributed by atoms with Gasteiger partial charge >= 0.3 is 5.97 Å². The molecule has 0 amide bonds. The number of carboxylic acids is 1. The van der Waals surface area contributed by atoms with E-state index in [4.69, 9.17) is 28.3 Å². The normalized spacial score (nSPS) is 10.2.